The molecule has 3 aromatic rings. The van der Waals surface area contributed by atoms with Crippen LogP contribution in [0, 0.1) is 13.8 Å². The number of piperidine rings is 1. The van der Waals surface area contributed by atoms with Crippen LogP contribution >= 0.6 is 22.9 Å². The number of aliphatic imine (C=N–C) groups is 1. The number of carbonyl (C=O) groups excluding carboxylic acids is 2. The second-order valence-corrected chi connectivity index (χ2v) is 11.7. The second kappa shape index (κ2) is 9.67. The van der Waals surface area contributed by atoms with Gasteiger partial charge < -0.3 is 14.7 Å². The quantitative estimate of drug-likeness (QED) is 0.462. The second-order valence-electron chi connectivity index (χ2n) is 10.3. The number of nitrogens with one attached hydrogen (secondary N) is 1. The highest BCUT2D eigenvalue weighted by atomic mass is 35.5. The highest BCUT2D eigenvalue weighted by Crippen LogP contribution is 2.40. The third kappa shape index (κ3) is 4.06. The first-order valence-electron chi connectivity index (χ1n) is 13.3. The molecule has 0 bridgehead atoms. The van der Waals surface area contributed by atoms with Crippen LogP contribution in [0.15, 0.2) is 46.1 Å². The van der Waals surface area contributed by atoms with Gasteiger partial charge in [0.1, 0.15) is 21.6 Å². The number of thiazole rings is 1. The molecular formula is C28H26ClN7O3S. The van der Waals surface area contributed by atoms with Crippen molar-refractivity contribution in [1.82, 2.24) is 20.4 Å². The maximum absolute atomic E-state index is 13.4. The van der Waals surface area contributed by atoms with Crippen LogP contribution < -0.4 is 15.1 Å². The molecule has 0 saturated carbocycles. The Labute approximate surface area is 239 Å². The average Bonchev–Trinajstić information content (AvgIpc) is 3.63. The number of allylic oxidation sites excluding steroid dienone is 2. The van der Waals surface area contributed by atoms with E-state index in [9.17, 15) is 9.59 Å². The fourth-order valence-corrected chi connectivity index (χ4v) is 7.30. The summed E-state index contributed by atoms with van der Waals surface area (Å²) in [5.74, 6) is 1.42. The monoisotopic (exact) mass is 575 g/mol. The number of aromatic nitrogens is 3. The number of hydrogen-bond acceptors (Lipinski definition) is 9. The molecule has 204 valence electrons. The first kappa shape index (κ1) is 25.2. The van der Waals surface area contributed by atoms with Gasteiger partial charge in [-0.25, -0.2) is 9.97 Å². The van der Waals surface area contributed by atoms with Gasteiger partial charge in [-0.3, -0.25) is 19.5 Å². The largest absolute Gasteiger partial charge is 0.361 e. The third-order valence-electron chi connectivity index (χ3n) is 7.80. The summed E-state index contributed by atoms with van der Waals surface area (Å²) >= 11 is 7.62. The predicted molar refractivity (Wildman–Crippen MR) is 153 cm³/mol. The Morgan fingerprint density at radius 3 is 2.85 bits per heavy atom. The molecule has 3 atom stereocenters. The Balaban J connectivity index is 1.35. The summed E-state index contributed by atoms with van der Waals surface area (Å²) in [6.07, 6.45) is 10.5. The molecule has 2 amide bonds. The average molecular weight is 576 g/mol. The van der Waals surface area contributed by atoms with E-state index in [1.807, 2.05) is 13.8 Å². The van der Waals surface area contributed by atoms with Crippen molar-refractivity contribution in [1.29, 1.82) is 0 Å². The highest BCUT2D eigenvalue weighted by molar-refractivity contribution is 7.17. The Kier molecular flexibility index (Phi) is 6.08. The standard InChI is InChI=1S/C28H26ClN7O3S/c1-14-24(15(2)39-34-14)16-6-7-20-19(12-16)32-26(36(20)28-33-18-9-11-31-27(38)25(18)40-28)21-4-3-5-23(37)35(21)17-8-10-30-22(29)13-17/h6-8,10,12-13,19-21H,3-5,9,11H2,1-2H3,(H,31,38)/t19?,20?,21-/m0/s1. The van der Waals surface area contributed by atoms with E-state index in [0.29, 0.717) is 40.2 Å². The zero-order valence-corrected chi connectivity index (χ0v) is 23.5. The summed E-state index contributed by atoms with van der Waals surface area (Å²) in [5, 5.41) is 8.07. The fourth-order valence-electron chi connectivity index (χ4n) is 6.05. The van der Waals surface area contributed by atoms with Gasteiger partial charge >= 0.3 is 0 Å². The number of rotatable bonds is 4. The van der Waals surface area contributed by atoms with E-state index in [1.54, 1.807) is 23.2 Å². The highest BCUT2D eigenvalue weighted by Gasteiger charge is 2.45. The summed E-state index contributed by atoms with van der Waals surface area (Å²) in [5.41, 5.74) is 4.27. The van der Waals surface area contributed by atoms with E-state index in [4.69, 9.17) is 26.1 Å². The SMILES string of the molecule is Cc1noc(C)c1C1=CC2N=C([C@@H]3CCCC(=O)N3c3ccnc(Cl)c3)N(c3nc4c(s3)C(=O)NCC4)C2C=C1. The molecule has 6 heterocycles. The Morgan fingerprint density at radius 1 is 1.20 bits per heavy atom. The van der Waals surface area contributed by atoms with Gasteiger partial charge in [-0.15, -0.1) is 0 Å². The molecular weight excluding hydrogens is 550 g/mol. The van der Waals surface area contributed by atoms with E-state index < -0.39 is 0 Å². The van der Waals surface area contributed by atoms with Gasteiger partial charge in [0.05, 0.1) is 29.5 Å². The number of pyridine rings is 1. The van der Waals surface area contributed by atoms with Crippen molar-refractivity contribution in [3.8, 4) is 0 Å². The van der Waals surface area contributed by atoms with Gasteiger partial charge in [0.25, 0.3) is 5.91 Å². The van der Waals surface area contributed by atoms with Gasteiger partial charge in [-0.05, 0) is 50.5 Å². The molecule has 3 aliphatic heterocycles. The first-order valence-corrected chi connectivity index (χ1v) is 14.5. The van der Waals surface area contributed by atoms with Gasteiger partial charge in [-0.1, -0.05) is 40.2 Å². The zero-order valence-electron chi connectivity index (χ0n) is 21.9. The number of aryl methyl sites for hydroxylation is 2. The molecule has 1 aliphatic carbocycles. The maximum Gasteiger partial charge on any atom is 0.263 e. The summed E-state index contributed by atoms with van der Waals surface area (Å²) in [6.45, 7) is 4.40. The van der Waals surface area contributed by atoms with E-state index >= 15 is 0 Å². The number of fused-ring (bicyclic) bond motifs is 2. The van der Waals surface area contributed by atoms with E-state index in [2.05, 4.69) is 38.6 Å². The van der Waals surface area contributed by atoms with Crippen LogP contribution in [0.5, 0.6) is 0 Å². The molecule has 0 spiro atoms. The number of halogens is 1. The van der Waals surface area contributed by atoms with E-state index in [0.717, 1.165) is 47.0 Å². The lowest BCUT2D eigenvalue weighted by Gasteiger charge is -2.38. The lowest BCUT2D eigenvalue weighted by molar-refractivity contribution is -0.119. The van der Waals surface area contributed by atoms with Crippen molar-refractivity contribution in [2.45, 2.75) is 57.7 Å². The number of amidine groups is 1. The lowest BCUT2D eigenvalue weighted by atomic mass is 9.93. The van der Waals surface area contributed by atoms with Crippen LogP contribution in [0.2, 0.25) is 5.15 Å². The molecule has 0 aromatic carbocycles. The molecule has 1 saturated heterocycles. The van der Waals surface area contributed by atoms with Crippen molar-refractivity contribution < 1.29 is 14.1 Å². The molecule has 12 heteroatoms. The van der Waals surface area contributed by atoms with E-state index in [1.165, 1.54) is 11.3 Å². The maximum atomic E-state index is 13.4. The van der Waals surface area contributed by atoms with Crippen LogP contribution in [0.25, 0.3) is 5.57 Å². The summed E-state index contributed by atoms with van der Waals surface area (Å²) in [6, 6.07) is 2.81. The zero-order chi connectivity index (χ0) is 27.5. The van der Waals surface area contributed by atoms with Gasteiger partial charge in [0.15, 0.2) is 5.13 Å². The van der Waals surface area contributed by atoms with Gasteiger partial charge in [0, 0.05) is 36.8 Å². The summed E-state index contributed by atoms with van der Waals surface area (Å²) in [4.78, 5) is 44.9. The van der Waals surface area contributed by atoms with Crippen LogP contribution in [0.3, 0.4) is 0 Å². The summed E-state index contributed by atoms with van der Waals surface area (Å²) < 4.78 is 5.43. The number of hydrogen-bond donors (Lipinski definition) is 1. The molecule has 3 aromatic heterocycles. The van der Waals surface area contributed by atoms with Crippen LogP contribution in [-0.4, -0.2) is 57.4 Å². The van der Waals surface area contributed by atoms with Crippen molar-refractivity contribution in [2.24, 2.45) is 4.99 Å². The lowest BCUT2D eigenvalue weighted by Crippen LogP contribution is -2.54. The summed E-state index contributed by atoms with van der Waals surface area (Å²) in [7, 11) is 0. The van der Waals surface area contributed by atoms with Crippen LogP contribution in [-0.2, 0) is 11.2 Å². The van der Waals surface area contributed by atoms with Gasteiger partial charge in [-0.2, -0.15) is 0 Å². The minimum absolute atomic E-state index is 0.0105. The normalized spacial score (nSPS) is 24.0. The molecule has 2 unspecified atom stereocenters. The third-order valence-corrected chi connectivity index (χ3v) is 9.10. The molecule has 1 fully saturated rings. The van der Waals surface area contributed by atoms with Crippen molar-refractivity contribution in [2.75, 3.05) is 16.3 Å². The molecule has 40 heavy (non-hydrogen) atoms. The molecule has 10 nitrogen and oxygen atoms in total. The van der Waals surface area contributed by atoms with E-state index in [-0.39, 0.29) is 29.9 Å². The van der Waals surface area contributed by atoms with Crippen LogP contribution in [0.4, 0.5) is 10.8 Å². The smallest absolute Gasteiger partial charge is 0.263 e. The molecule has 0 radical (unpaired) electrons. The Bertz CT molecular complexity index is 1620. The number of anilines is 2. The minimum atomic E-state index is -0.329. The number of carbonyl (C=O) groups is 2. The molecule has 1 N–H and O–H groups in total. The topological polar surface area (TPSA) is 117 Å². The van der Waals surface area contributed by atoms with Crippen molar-refractivity contribution in [3.63, 3.8) is 0 Å². The number of nitrogens with zero attached hydrogens (tertiary/aromatic N) is 6. The predicted octanol–water partition coefficient (Wildman–Crippen LogP) is 4.28. The van der Waals surface area contributed by atoms with Crippen molar-refractivity contribution in [3.05, 3.63) is 69.3 Å². The number of amides is 2. The fraction of sp³-hybridized carbons (Fsp3) is 0.357. The van der Waals surface area contributed by atoms with Crippen molar-refractivity contribution >= 4 is 57.0 Å². The Morgan fingerprint density at radius 2 is 2.08 bits per heavy atom. The van der Waals surface area contributed by atoms with Gasteiger partial charge in [0.2, 0.25) is 5.91 Å². The molecule has 7 rings (SSSR count). The first-order chi connectivity index (χ1) is 19.4. The minimum Gasteiger partial charge on any atom is -0.361 e. The molecule has 4 aliphatic rings. The Hall–Kier alpha value is -3.83. The van der Waals surface area contributed by atoms with Crippen LogP contribution in [0.1, 0.15) is 51.6 Å².